The number of carboxylic acid groups (broad SMARTS) is 1. The Hall–Kier alpha value is -2.89. The molecule has 132 valence electrons. The van der Waals surface area contributed by atoms with Crippen molar-refractivity contribution in [1.82, 2.24) is 9.47 Å². The Morgan fingerprint density at radius 3 is 2.40 bits per heavy atom. The molecule has 1 N–H and O–H groups in total. The minimum Gasteiger partial charge on any atom is -0.481 e. The van der Waals surface area contributed by atoms with E-state index in [1.165, 1.54) is 6.92 Å². The highest BCUT2D eigenvalue weighted by Crippen LogP contribution is 2.14. The van der Waals surface area contributed by atoms with Crippen LogP contribution in [0.5, 0.6) is 0 Å². The number of hydrogen-bond acceptors (Lipinski definition) is 3. The topological polar surface area (TPSA) is 79.6 Å². The molecule has 0 radical (unpaired) electrons. The predicted molar refractivity (Wildman–Crippen MR) is 93.5 cm³/mol. The molecule has 0 bridgehead atoms. The Bertz CT molecular complexity index is 765. The van der Waals surface area contributed by atoms with Gasteiger partial charge in [-0.2, -0.15) is 0 Å². The van der Waals surface area contributed by atoms with Crippen LogP contribution >= 0.6 is 0 Å². The largest absolute Gasteiger partial charge is 0.481 e. The van der Waals surface area contributed by atoms with E-state index in [2.05, 4.69) is 0 Å². The lowest BCUT2D eigenvalue weighted by molar-refractivity contribution is -0.137. The van der Waals surface area contributed by atoms with E-state index in [9.17, 15) is 14.4 Å². The van der Waals surface area contributed by atoms with Crippen molar-refractivity contribution < 1.29 is 19.5 Å². The van der Waals surface area contributed by atoms with Crippen LogP contribution < -0.4 is 0 Å². The molecule has 0 unspecified atom stereocenters. The van der Waals surface area contributed by atoms with E-state index >= 15 is 0 Å². The van der Waals surface area contributed by atoms with Gasteiger partial charge in [-0.15, -0.1) is 0 Å². The van der Waals surface area contributed by atoms with Crippen molar-refractivity contribution in [2.45, 2.75) is 26.3 Å². The predicted octanol–water partition coefficient (Wildman–Crippen LogP) is 2.73. The van der Waals surface area contributed by atoms with Gasteiger partial charge in [-0.1, -0.05) is 30.3 Å². The van der Waals surface area contributed by atoms with E-state index in [0.29, 0.717) is 30.8 Å². The first kappa shape index (κ1) is 18.4. The molecule has 1 aromatic carbocycles. The fourth-order valence-corrected chi connectivity index (χ4v) is 2.61. The van der Waals surface area contributed by atoms with E-state index in [1.54, 1.807) is 28.8 Å². The maximum Gasteiger partial charge on any atom is 0.303 e. The summed E-state index contributed by atoms with van der Waals surface area (Å²) < 4.78 is 1.63. The molecule has 2 rings (SSSR count). The molecule has 2 aromatic rings. The second kappa shape index (κ2) is 8.28. The number of aryl methyl sites for hydroxylation is 1. The number of carbonyl (C=O) groups is 3. The Kier molecular flexibility index (Phi) is 6.11. The molecular formula is C19H22N2O4. The molecule has 0 aliphatic carbocycles. The number of nitrogens with zero attached hydrogens (tertiary/aromatic N) is 2. The van der Waals surface area contributed by atoms with Gasteiger partial charge in [-0.25, -0.2) is 0 Å². The SMILES string of the molecule is CC(=O)c1cc(C(=O)N(CCCC(=O)O)Cc2ccccc2)n(C)c1. The Morgan fingerprint density at radius 2 is 1.84 bits per heavy atom. The van der Waals surface area contributed by atoms with E-state index in [-0.39, 0.29) is 18.1 Å². The third-order valence-electron chi connectivity index (χ3n) is 3.95. The van der Waals surface area contributed by atoms with Gasteiger partial charge in [-0.05, 0) is 25.0 Å². The maximum atomic E-state index is 12.9. The summed E-state index contributed by atoms with van der Waals surface area (Å²) in [7, 11) is 1.72. The van der Waals surface area contributed by atoms with Crippen LogP contribution in [0.1, 0.15) is 46.2 Å². The van der Waals surface area contributed by atoms with Gasteiger partial charge < -0.3 is 14.6 Å². The number of amides is 1. The summed E-state index contributed by atoms with van der Waals surface area (Å²) in [6, 6.07) is 11.1. The van der Waals surface area contributed by atoms with Crippen molar-refractivity contribution in [1.29, 1.82) is 0 Å². The van der Waals surface area contributed by atoms with Gasteiger partial charge in [-0.3, -0.25) is 14.4 Å². The summed E-state index contributed by atoms with van der Waals surface area (Å²) in [4.78, 5) is 36.9. The molecule has 6 nitrogen and oxygen atoms in total. The standard InChI is InChI=1S/C19H22N2O4/c1-14(22)16-11-17(20(2)13-16)19(25)21(10-6-9-18(23)24)12-15-7-4-3-5-8-15/h3-5,7-8,11,13H,6,9-10,12H2,1-2H3,(H,23,24). The summed E-state index contributed by atoms with van der Waals surface area (Å²) in [5.74, 6) is -1.20. The van der Waals surface area contributed by atoms with Crippen molar-refractivity contribution in [2.75, 3.05) is 6.54 Å². The van der Waals surface area contributed by atoms with E-state index < -0.39 is 5.97 Å². The Morgan fingerprint density at radius 1 is 1.16 bits per heavy atom. The lowest BCUT2D eigenvalue weighted by Gasteiger charge is -2.23. The second-order valence-corrected chi connectivity index (χ2v) is 5.99. The number of rotatable bonds is 8. The summed E-state index contributed by atoms with van der Waals surface area (Å²) >= 11 is 0. The van der Waals surface area contributed by atoms with Crippen molar-refractivity contribution >= 4 is 17.7 Å². The van der Waals surface area contributed by atoms with E-state index in [0.717, 1.165) is 5.56 Å². The van der Waals surface area contributed by atoms with Gasteiger partial charge >= 0.3 is 5.97 Å². The molecule has 0 fully saturated rings. The van der Waals surface area contributed by atoms with Crippen molar-refractivity contribution in [3.8, 4) is 0 Å². The van der Waals surface area contributed by atoms with Crippen LogP contribution in [0, 0.1) is 0 Å². The molecule has 0 spiro atoms. The van der Waals surface area contributed by atoms with Crippen LogP contribution in [0.2, 0.25) is 0 Å². The number of ketones is 1. The highest BCUT2D eigenvalue weighted by Gasteiger charge is 2.20. The van der Waals surface area contributed by atoms with Crippen molar-refractivity contribution in [3.63, 3.8) is 0 Å². The number of aromatic nitrogens is 1. The lowest BCUT2D eigenvalue weighted by atomic mass is 10.2. The third-order valence-corrected chi connectivity index (χ3v) is 3.95. The van der Waals surface area contributed by atoms with Gasteiger partial charge in [0.05, 0.1) is 0 Å². The molecule has 0 saturated heterocycles. The van der Waals surface area contributed by atoms with Crippen LogP contribution in [0.25, 0.3) is 0 Å². The van der Waals surface area contributed by atoms with Crippen LogP contribution in [-0.4, -0.2) is 38.8 Å². The molecule has 25 heavy (non-hydrogen) atoms. The molecule has 0 aliphatic rings. The van der Waals surface area contributed by atoms with Gasteiger partial charge in [0, 0.05) is 38.3 Å². The zero-order valence-electron chi connectivity index (χ0n) is 14.4. The third kappa shape index (κ3) is 5.04. The number of hydrogen-bond donors (Lipinski definition) is 1. The van der Waals surface area contributed by atoms with Crippen LogP contribution in [-0.2, 0) is 18.4 Å². The normalized spacial score (nSPS) is 10.5. The van der Waals surface area contributed by atoms with Gasteiger partial charge in [0.2, 0.25) is 0 Å². The van der Waals surface area contributed by atoms with E-state index in [4.69, 9.17) is 5.11 Å². The molecule has 1 heterocycles. The molecule has 1 amide bonds. The fraction of sp³-hybridized carbons (Fsp3) is 0.316. The minimum atomic E-state index is -0.884. The molecule has 0 saturated carbocycles. The van der Waals surface area contributed by atoms with Gasteiger partial charge in [0.15, 0.2) is 5.78 Å². The van der Waals surface area contributed by atoms with Gasteiger partial charge in [0.25, 0.3) is 5.91 Å². The average Bonchev–Trinajstić information content (AvgIpc) is 2.96. The number of carboxylic acids is 1. The second-order valence-electron chi connectivity index (χ2n) is 5.99. The quantitative estimate of drug-likeness (QED) is 0.748. The summed E-state index contributed by atoms with van der Waals surface area (Å²) in [6.07, 6.45) is 2.01. The van der Waals surface area contributed by atoms with Crippen LogP contribution in [0.3, 0.4) is 0 Å². The molecule has 0 aliphatic heterocycles. The van der Waals surface area contributed by atoms with E-state index in [1.807, 2.05) is 30.3 Å². The Labute approximate surface area is 146 Å². The number of carbonyl (C=O) groups excluding carboxylic acids is 2. The van der Waals surface area contributed by atoms with Crippen LogP contribution in [0.4, 0.5) is 0 Å². The zero-order valence-corrected chi connectivity index (χ0v) is 14.4. The monoisotopic (exact) mass is 342 g/mol. The van der Waals surface area contributed by atoms with Crippen molar-refractivity contribution in [2.24, 2.45) is 7.05 Å². The first-order valence-electron chi connectivity index (χ1n) is 8.10. The lowest BCUT2D eigenvalue weighted by Crippen LogP contribution is -2.33. The summed E-state index contributed by atoms with van der Waals surface area (Å²) in [6.45, 7) is 2.18. The van der Waals surface area contributed by atoms with Gasteiger partial charge in [0.1, 0.15) is 5.69 Å². The first-order chi connectivity index (χ1) is 11.9. The Balaban J connectivity index is 2.22. The average molecular weight is 342 g/mol. The zero-order chi connectivity index (χ0) is 18.4. The maximum absolute atomic E-state index is 12.9. The smallest absolute Gasteiger partial charge is 0.303 e. The fourth-order valence-electron chi connectivity index (χ4n) is 2.61. The minimum absolute atomic E-state index is 0.00437. The van der Waals surface area contributed by atoms with Crippen molar-refractivity contribution in [3.05, 3.63) is 59.4 Å². The molecular weight excluding hydrogens is 320 g/mol. The number of Topliss-reactive ketones (excluding diaryl/α,β-unsaturated/α-hetero) is 1. The highest BCUT2D eigenvalue weighted by atomic mass is 16.4. The first-order valence-corrected chi connectivity index (χ1v) is 8.10. The highest BCUT2D eigenvalue weighted by molar-refractivity contribution is 5.99. The molecule has 1 aromatic heterocycles. The molecule has 0 atom stereocenters. The van der Waals surface area contributed by atoms with Crippen LogP contribution in [0.15, 0.2) is 42.6 Å². The summed E-state index contributed by atoms with van der Waals surface area (Å²) in [5, 5.41) is 8.84. The molecule has 6 heteroatoms. The number of aliphatic carboxylic acids is 1. The summed E-state index contributed by atoms with van der Waals surface area (Å²) in [5.41, 5.74) is 1.86. The number of benzene rings is 1.